The number of aryl methyl sites for hydroxylation is 2. The van der Waals surface area contributed by atoms with Crippen LogP contribution in [0.3, 0.4) is 0 Å². The number of fused-ring (bicyclic) bond motifs is 5. The molecule has 2 unspecified atom stereocenters. The fourth-order valence-electron chi connectivity index (χ4n) is 7.42. The van der Waals surface area contributed by atoms with Gasteiger partial charge >= 0.3 is 6.18 Å². The first-order chi connectivity index (χ1) is 25.3. The van der Waals surface area contributed by atoms with Crippen LogP contribution in [0.15, 0.2) is 42.5 Å². The van der Waals surface area contributed by atoms with E-state index in [2.05, 4.69) is 25.2 Å². The summed E-state index contributed by atoms with van der Waals surface area (Å²) >= 11 is 1.30. The molecular formula is C34H27F7N8O3S2. The van der Waals surface area contributed by atoms with Gasteiger partial charge in [0.15, 0.2) is 17.2 Å². The van der Waals surface area contributed by atoms with E-state index in [1.54, 1.807) is 38.2 Å². The summed E-state index contributed by atoms with van der Waals surface area (Å²) in [5, 5.41) is 11.5. The Labute approximate surface area is 305 Å². The summed E-state index contributed by atoms with van der Waals surface area (Å²) in [6.45, 7) is 0.704. The maximum Gasteiger partial charge on any atom is 0.435 e. The molecule has 282 valence electrons. The molecule has 1 saturated carbocycles. The summed E-state index contributed by atoms with van der Waals surface area (Å²) in [5.41, 5.74) is -1.40. The number of rotatable bonds is 9. The Bertz CT molecular complexity index is 2630. The Morgan fingerprint density at radius 1 is 1.07 bits per heavy atom. The van der Waals surface area contributed by atoms with Gasteiger partial charge in [-0.15, -0.1) is 11.3 Å². The van der Waals surface area contributed by atoms with Gasteiger partial charge < -0.3 is 5.32 Å². The number of carbonyl (C=O) groups excluding carboxylic acids is 1. The normalized spacial score (nSPS) is 18.2. The van der Waals surface area contributed by atoms with E-state index in [1.807, 2.05) is 0 Å². The molecule has 1 fully saturated rings. The zero-order valence-electron chi connectivity index (χ0n) is 28.3. The second-order valence-electron chi connectivity index (χ2n) is 13.5. The van der Waals surface area contributed by atoms with Gasteiger partial charge in [-0.2, -0.15) is 32.1 Å². The van der Waals surface area contributed by atoms with Crippen LogP contribution in [0.1, 0.15) is 51.6 Å². The van der Waals surface area contributed by atoms with Crippen molar-refractivity contribution in [1.82, 2.24) is 34.8 Å². The number of anilines is 1. The van der Waals surface area contributed by atoms with Crippen LogP contribution in [0.2, 0.25) is 0 Å². The molecular weight excluding hydrogens is 766 g/mol. The molecule has 0 bridgehead atoms. The summed E-state index contributed by atoms with van der Waals surface area (Å²) in [6, 6.07) is 8.11. The molecule has 0 aliphatic heterocycles. The smallest absolute Gasteiger partial charge is 0.346 e. The maximum absolute atomic E-state index is 15.3. The van der Waals surface area contributed by atoms with Crippen molar-refractivity contribution in [2.45, 2.75) is 50.4 Å². The van der Waals surface area contributed by atoms with Crippen LogP contribution < -0.4 is 10.0 Å². The van der Waals surface area contributed by atoms with E-state index in [0.717, 1.165) is 18.4 Å². The summed E-state index contributed by atoms with van der Waals surface area (Å²) in [7, 11) is -2.17. The van der Waals surface area contributed by atoms with Gasteiger partial charge in [-0.05, 0) is 55.5 Å². The number of aromatic nitrogens is 6. The minimum Gasteiger partial charge on any atom is -0.346 e. The SMILES string of the molecule is Cc1nc2nc(C(Cc3cc(F)cc(F)c3)NC(=O)Cn3nc(C(F)(F)F)c4c3C(F)(F)[C@@H]3CC43)c(-c3cccc4c(NS(C)(=O)=O)nn(C)c34)cc2s1. The van der Waals surface area contributed by atoms with Crippen LogP contribution >= 0.6 is 11.3 Å². The molecule has 2 aliphatic rings. The van der Waals surface area contributed by atoms with Crippen LogP contribution in [0.5, 0.6) is 0 Å². The van der Waals surface area contributed by atoms with E-state index in [9.17, 15) is 35.2 Å². The molecule has 0 radical (unpaired) electrons. The van der Waals surface area contributed by atoms with E-state index >= 15 is 8.78 Å². The number of amides is 1. The summed E-state index contributed by atoms with van der Waals surface area (Å²) in [4.78, 5) is 23.1. The molecule has 2 aliphatic carbocycles. The van der Waals surface area contributed by atoms with E-state index in [4.69, 9.17) is 4.98 Å². The lowest BCUT2D eigenvalue weighted by molar-refractivity contribution is -0.142. The highest BCUT2D eigenvalue weighted by atomic mass is 32.2. The Balaban J connectivity index is 1.27. The molecule has 0 saturated heterocycles. The van der Waals surface area contributed by atoms with E-state index in [1.165, 1.54) is 16.0 Å². The average Bonchev–Trinajstić information content (AvgIpc) is 3.37. The molecule has 4 aromatic heterocycles. The number of hydrogen-bond acceptors (Lipinski definition) is 8. The van der Waals surface area contributed by atoms with Crippen molar-refractivity contribution in [3.8, 4) is 11.1 Å². The molecule has 54 heavy (non-hydrogen) atoms. The summed E-state index contributed by atoms with van der Waals surface area (Å²) in [5.74, 6) is -8.85. The summed E-state index contributed by atoms with van der Waals surface area (Å²) in [6.07, 6.45) is -4.53. The molecule has 0 spiro atoms. The monoisotopic (exact) mass is 792 g/mol. The van der Waals surface area contributed by atoms with Gasteiger partial charge in [-0.3, -0.25) is 18.9 Å². The zero-order valence-corrected chi connectivity index (χ0v) is 29.9. The molecule has 11 nitrogen and oxygen atoms in total. The highest BCUT2D eigenvalue weighted by Crippen LogP contribution is 2.68. The Hall–Kier alpha value is -5.11. The van der Waals surface area contributed by atoms with Crippen molar-refractivity contribution in [2.75, 3.05) is 11.0 Å². The van der Waals surface area contributed by atoms with Crippen LogP contribution in [0.25, 0.3) is 32.4 Å². The van der Waals surface area contributed by atoms with Gasteiger partial charge in [-0.25, -0.2) is 27.2 Å². The number of nitrogens with zero attached hydrogens (tertiary/aromatic N) is 6. The van der Waals surface area contributed by atoms with Gasteiger partial charge in [0.25, 0.3) is 5.92 Å². The standard InChI is InChI=1S/C34H27F7N8O3S2/c1-14-42-32-24(53-14)12-20(18-5-4-6-19-28(18)48(2)46-31(19)47-54(3,51)52)27(44-32)23(9-15-7-16(35)10-17(36)8-15)43-25(50)13-49-30-26(29(45-49)34(39,40)41)21-11-22(21)33(30,37)38/h4-8,10,12,21-23H,9,11,13H2,1-3H3,(H,43,50)(H,46,47)/t21?,22-,23?/m1/s1. The molecule has 8 rings (SSSR count). The maximum atomic E-state index is 15.3. The number of benzene rings is 2. The molecule has 20 heteroatoms. The number of thiazole rings is 1. The van der Waals surface area contributed by atoms with E-state index in [0.29, 0.717) is 42.5 Å². The Morgan fingerprint density at radius 3 is 2.48 bits per heavy atom. The molecule has 2 N–H and O–H groups in total. The molecule has 4 heterocycles. The highest BCUT2D eigenvalue weighted by molar-refractivity contribution is 7.92. The third kappa shape index (κ3) is 6.23. The first kappa shape index (κ1) is 35.9. The van der Waals surface area contributed by atoms with Crippen molar-refractivity contribution in [3.05, 3.63) is 87.3 Å². The van der Waals surface area contributed by atoms with Crippen LogP contribution in [-0.4, -0.2) is 50.1 Å². The van der Waals surface area contributed by atoms with E-state index in [-0.39, 0.29) is 35.6 Å². The average molecular weight is 793 g/mol. The molecule has 3 atom stereocenters. The fourth-order valence-corrected chi connectivity index (χ4v) is 8.73. The summed E-state index contributed by atoms with van der Waals surface area (Å²) < 4.78 is 131. The van der Waals surface area contributed by atoms with Gasteiger partial charge in [0.05, 0.1) is 33.2 Å². The van der Waals surface area contributed by atoms with Gasteiger partial charge in [-0.1, -0.05) is 12.1 Å². The lowest BCUT2D eigenvalue weighted by Gasteiger charge is -2.23. The second kappa shape index (κ2) is 12.2. The first-order valence-corrected chi connectivity index (χ1v) is 19.0. The van der Waals surface area contributed by atoms with Crippen LogP contribution in [0, 0.1) is 24.5 Å². The van der Waals surface area contributed by atoms with Gasteiger partial charge in [0, 0.05) is 41.1 Å². The third-order valence-electron chi connectivity index (χ3n) is 9.48. The van der Waals surface area contributed by atoms with Gasteiger partial charge in [0.1, 0.15) is 23.9 Å². The van der Waals surface area contributed by atoms with Crippen molar-refractivity contribution in [2.24, 2.45) is 13.0 Å². The molecule has 6 aromatic rings. The number of carbonyl (C=O) groups is 1. The lowest BCUT2D eigenvalue weighted by atomic mass is 9.94. The quantitative estimate of drug-likeness (QED) is 0.155. The third-order valence-corrected chi connectivity index (χ3v) is 10.9. The minimum absolute atomic E-state index is 0.0283. The van der Waals surface area contributed by atoms with Crippen molar-refractivity contribution < 1.29 is 43.9 Å². The predicted molar refractivity (Wildman–Crippen MR) is 183 cm³/mol. The number of pyridine rings is 1. The first-order valence-electron chi connectivity index (χ1n) is 16.3. The predicted octanol–water partition coefficient (Wildman–Crippen LogP) is 6.73. The fraction of sp³-hybridized carbons (Fsp3) is 0.324. The largest absolute Gasteiger partial charge is 0.435 e. The molecule has 1 amide bonds. The van der Waals surface area contributed by atoms with Crippen molar-refractivity contribution >= 4 is 54.3 Å². The zero-order chi connectivity index (χ0) is 38.6. The van der Waals surface area contributed by atoms with E-state index < -0.39 is 81.0 Å². The van der Waals surface area contributed by atoms with Crippen molar-refractivity contribution in [3.63, 3.8) is 0 Å². The Kier molecular flexibility index (Phi) is 8.11. The second-order valence-corrected chi connectivity index (χ2v) is 16.4. The minimum atomic E-state index is -5.05. The number of halogens is 7. The van der Waals surface area contributed by atoms with Crippen molar-refractivity contribution in [1.29, 1.82) is 0 Å². The van der Waals surface area contributed by atoms with Gasteiger partial charge in [0.2, 0.25) is 15.9 Å². The Morgan fingerprint density at radius 2 is 1.80 bits per heavy atom. The van der Waals surface area contributed by atoms with Crippen LogP contribution in [-0.2, 0) is 46.9 Å². The molecule has 2 aromatic carbocycles. The highest BCUT2D eigenvalue weighted by Gasteiger charge is 2.68. The number of hydrogen-bond donors (Lipinski definition) is 2. The number of sulfonamides is 1. The number of alkyl halides is 5. The number of nitrogens with one attached hydrogen (secondary N) is 2. The lowest BCUT2D eigenvalue weighted by Crippen LogP contribution is -2.35. The topological polar surface area (TPSA) is 137 Å². The number of para-hydroxylation sites is 1. The van der Waals surface area contributed by atoms with Crippen LogP contribution in [0.4, 0.5) is 36.6 Å².